The number of carbonyl (C=O) groups excluding carboxylic acids is 1. The number of rotatable bonds is 7. The Morgan fingerprint density at radius 2 is 1.74 bits per heavy atom. The zero-order valence-electron chi connectivity index (χ0n) is 19.5. The molecule has 2 N–H and O–H groups in total. The highest BCUT2D eigenvalue weighted by molar-refractivity contribution is 6.01. The zero-order valence-corrected chi connectivity index (χ0v) is 19.5. The highest BCUT2D eigenvalue weighted by Crippen LogP contribution is 2.28. The van der Waals surface area contributed by atoms with E-state index in [0.29, 0.717) is 18.2 Å². The average molecular weight is 484 g/mol. The predicted octanol–water partition coefficient (Wildman–Crippen LogP) is 4.77. The lowest BCUT2D eigenvalue weighted by Crippen LogP contribution is -2.35. The van der Waals surface area contributed by atoms with Crippen LogP contribution in [0.1, 0.15) is 46.8 Å². The lowest BCUT2D eigenvalue weighted by atomic mass is 9.89. The van der Waals surface area contributed by atoms with Gasteiger partial charge in [0.1, 0.15) is 5.82 Å². The first-order valence-electron chi connectivity index (χ1n) is 11.8. The third kappa shape index (κ3) is 6.00. The molecule has 0 unspecified atom stereocenters. The molecule has 1 aliphatic heterocycles. The van der Waals surface area contributed by atoms with Crippen molar-refractivity contribution in [2.24, 2.45) is 0 Å². The maximum Gasteiger partial charge on any atom is 0.253 e. The van der Waals surface area contributed by atoms with Crippen LogP contribution in [0.15, 0.2) is 53.3 Å². The maximum absolute atomic E-state index is 13.8. The van der Waals surface area contributed by atoms with E-state index >= 15 is 0 Å². The van der Waals surface area contributed by atoms with Gasteiger partial charge in [-0.25, -0.2) is 13.2 Å². The van der Waals surface area contributed by atoms with Crippen LogP contribution in [0.5, 0.6) is 0 Å². The number of nitrogens with one attached hydrogen (secondary N) is 2. The largest absolute Gasteiger partial charge is 0.352 e. The van der Waals surface area contributed by atoms with Gasteiger partial charge >= 0.3 is 0 Å². The van der Waals surface area contributed by atoms with Gasteiger partial charge in [0.2, 0.25) is 5.56 Å². The van der Waals surface area contributed by atoms with Crippen molar-refractivity contribution >= 4 is 5.91 Å². The fraction of sp³-hybridized carbons (Fsp3) is 0.333. The summed E-state index contributed by atoms with van der Waals surface area (Å²) < 4.78 is 40.3. The molecule has 0 saturated carbocycles. The quantitative estimate of drug-likeness (QED) is 0.476. The zero-order chi connectivity index (χ0) is 24.9. The van der Waals surface area contributed by atoms with Crippen molar-refractivity contribution in [2.45, 2.75) is 32.1 Å². The second-order valence-electron chi connectivity index (χ2n) is 8.95. The number of halogens is 3. The van der Waals surface area contributed by atoms with E-state index in [4.69, 9.17) is 0 Å². The number of nitrogens with zero attached hydrogens (tertiary/aromatic N) is 1. The van der Waals surface area contributed by atoms with E-state index in [1.807, 2.05) is 12.1 Å². The van der Waals surface area contributed by atoms with Gasteiger partial charge in [-0.15, -0.1) is 0 Å². The van der Waals surface area contributed by atoms with Gasteiger partial charge in [0, 0.05) is 23.9 Å². The van der Waals surface area contributed by atoms with Crippen molar-refractivity contribution in [3.8, 4) is 11.1 Å². The minimum atomic E-state index is -1.05. The number of benzene rings is 2. The molecule has 1 fully saturated rings. The Kier molecular flexibility index (Phi) is 7.70. The minimum absolute atomic E-state index is 0.220. The number of aromatic nitrogens is 1. The van der Waals surface area contributed by atoms with Gasteiger partial charge in [0.15, 0.2) is 11.6 Å². The van der Waals surface area contributed by atoms with Crippen LogP contribution in [-0.4, -0.2) is 42.0 Å². The van der Waals surface area contributed by atoms with Crippen LogP contribution in [0.3, 0.4) is 0 Å². The molecule has 4 rings (SSSR count). The third-order valence-corrected chi connectivity index (χ3v) is 6.55. The Labute approximate surface area is 202 Å². The van der Waals surface area contributed by atoms with E-state index in [1.165, 1.54) is 29.8 Å². The maximum atomic E-state index is 13.8. The van der Waals surface area contributed by atoms with E-state index in [-0.39, 0.29) is 28.4 Å². The van der Waals surface area contributed by atoms with Crippen LogP contribution in [0.2, 0.25) is 0 Å². The van der Waals surface area contributed by atoms with Crippen LogP contribution < -0.4 is 10.9 Å². The first-order chi connectivity index (χ1) is 16.8. The summed E-state index contributed by atoms with van der Waals surface area (Å²) in [5.74, 6) is -2.21. The van der Waals surface area contributed by atoms with E-state index in [1.54, 1.807) is 6.92 Å². The monoisotopic (exact) mass is 483 g/mol. The second-order valence-corrected chi connectivity index (χ2v) is 8.95. The van der Waals surface area contributed by atoms with Crippen LogP contribution in [0, 0.1) is 24.4 Å². The number of aryl methyl sites for hydroxylation is 1. The predicted molar refractivity (Wildman–Crippen MR) is 129 cm³/mol. The van der Waals surface area contributed by atoms with Crippen LogP contribution >= 0.6 is 0 Å². The summed E-state index contributed by atoms with van der Waals surface area (Å²) in [5.41, 5.74) is 1.85. The van der Waals surface area contributed by atoms with Crippen molar-refractivity contribution in [2.75, 3.05) is 26.2 Å². The molecule has 0 atom stereocenters. The Hall–Kier alpha value is -3.39. The molecule has 2 heterocycles. The van der Waals surface area contributed by atoms with E-state index in [2.05, 4.69) is 15.2 Å². The summed E-state index contributed by atoms with van der Waals surface area (Å²) in [4.78, 5) is 29.9. The molecule has 184 valence electrons. The molecule has 0 aliphatic carbocycles. The lowest BCUT2D eigenvalue weighted by Gasteiger charge is -2.32. The van der Waals surface area contributed by atoms with Crippen LogP contribution in [0.25, 0.3) is 11.1 Å². The van der Waals surface area contributed by atoms with Gasteiger partial charge in [-0.3, -0.25) is 9.59 Å². The summed E-state index contributed by atoms with van der Waals surface area (Å²) in [6.07, 6.45) is 2.76. The number of likely N-dealkylation sites (tertiary alicyclic amines) is 1. The summed E-state index contributed by atoms with van der Waals surface area (Å²) in [7, 11) is 0. The number of pyridine rings is 1. The third-order valence-electron chi connectivity index (χ3n) is 6.55. The number of aromatic amines is 1. The summed E-state index contributed by atoms with van der Waals surface area (Å²) in [6.45, 7) is 4.75. The molecular weight excluding hydrogens is 455 g/mol. The molecule has 1 aliphatic rings. The molecule has 1 saturated heterocycles. The Balaban J connectivity index is 1.32. The molecule has 0 bridgehead atoms. The van der Waals surface area contributed by atoms with Gasteiger partial charge in [0.05, 0.1) is 5.56 Å². The smallest absolute Gasteiger partial charge is 0.253 e. The summed E-state index contributed by atoms with van der Waals surface area (Å²) >= 11 is 0. The van der Waals surface area contributed by atoms with Gasteiger partial charge in [-0.2, -0.15) is 0 Å². The van der Waals surface area contributed by atoms with E-state index in [0.717, 1.165) is 51.0 Å². The molecule has 35 heavy (non-hydrogen) atoms. The molecule has 5 nitrogen and oxygen atoms in total. The van der Waals surface area contributed by atoms with Gasteiger partial charge in [-0.1, -0.05) is 18.2 Å². The SMILES string of the molecule is Cc1[nH]c(=O)cc(-c2ccc(F)c(F)c2)c1C(=O)NCCCN1CCC(c2ccc(F)cc2)CC1. The second kappa shape index (κ2) is 10.9. The number of H-pyrrole nitrogens is 1. The molecule has 1 amide bonds. The standard InChI is InChI=1S/C27H28F3N3O2/c1-17-26(22(16-25(34)32-17)20-5-8-23(29)24(30)15-20)27(35)31-11-2-12-33-13-9-19(10-14-33)18-3-6-21(28)7-4-18/h3-8,15-16,19H,2,9-14H2,1H3,(H,31,35)(H,32,34). The first-order valence-corrected chi connectivity index (χ1v) is 11.8. The average Bonchev–Trinajstić information content (AvgIpc) is 2.84. The fourth-order valence-electron chi connectivity index (χ4n) is 4.69. The Morgan fingerprint density at radius 3 is 2.43 bits per heavy atom. The highest BCUT2D eigenvalue weighted by Gasteiger charge is 2.21. The number of piperidine rings is 1. The van der Waals surface area contributed by atoms with Crippen molar-refractivity contribution < 1.29 is 18.0 Å². The summed E-state index contributed by atoms with van der Waals surface area (Å²) in [5, 5.41) is 2.88. The van der Waals surface area contributed by atoms with Gasteiger partial charge in [0.25, 0.3) is 5.91 Å². The molecule has 8 heteroatoms. The first kappa shape index (κ1) is 24.7. The number of hydrogen-bond donors (Lipinski definition) is 2. The van der Waals surface area contributed by atoms with E-state index in [9.17, 15) is 22.8 Å². The normalized spacial score (nSPS) is 14.7. The molecule has 3 aromatic rings. The number of carbonyl (C=O) groups is 1. The van der Waals surface area contributed by atoms with Crippen LogP contribution in [0.4, 0.5) is 13.2 Å². The van der Waals surface area contributed by atoms with E-state index < -0.39 is 17.2 Å². The molecule has 0 radical (unpaired) electrons. The molecule has 1 aromatic heterocycles. The van der Waals surface area contributed by atoms with Gasteiger partial charge < -0.3 is 15.2 Å². The van der Waals surface area contributed by atoms with Crippen molar-refractivity contribution in [3.05, 3.63) is 93.2 Å². The molecule has 2 aromatic carbocycles. The van der Waals surface area contributed by atoms with Crippen molar-refractivity contribution in [1.82, 2.24) is 15.2 Å². The summed E-state index contributed by atoms with van der Waals surface area (Å²) in [6, 6.07) is 11.3. The van der Waals surface area contributed by atoms with Crippen LogP contribution in [-0.2, 0) is 0 Å². The van der Waals surface area contributed by atoms with Crippen molar-refractivity contribution in [1.29, 1.82) is 0 Å². The molecular formula is C27H28F3N3O2. The van der Waals surface area contributed by atoms with Gasteiger partial charge in [-0.05, 0) is 87.1 Å². The number of amides is 1. The molecule has 0 spiro atoms. The Morgan fingerprint density at radius 1 is 1.03 bits per heavy atom. The lowest BCUT2D eigenvalue weighted by molar-refractivity contribution is 0.0950. The topological polar surface area (TPSA) is 65.2 Å². The minimum Gasteiger partial charge on any atom is -0.352 e. The number of hydrogen-bond acceptors (Lipinski definition) is 3. The Bertz CT molecular complexity index is 1250. The highest BCUT2D eigenvalue weighted by atomic mass is 19.2. The van der Waals surface area contributed by atoms with Crippen molar-refractivity contribution in [3.63, 3.8) is 0 Å². The fourth-order valence-corrected chi connectivity index (χ4v) is 4.69.